The largest absolute Gasteiger partial charge is 0.338 e. The van der Waals surface area contributed by atoms with Crippen LogP contribution in [-0.4, -0.2) is 72.3 Å². The molecule has 2 amide bonds. The third-order valence-electron chi connectivity index (χ3n) is 5.18. The molecule has 2 aliphatic rings. The van der Waals surface area contributed by atoms with E-state index in [9.17, 15) is 9.59 Å². The Kier molecular flexibility index (Phi) is 5.51. The summed E-state index contributed by atoms with van der Waals surface area (Å²) in [6.45, 7) is 7.39. The Hall–Kier alpha value is -1.88. The van der Waals surface area contributed by atoms with Crippen molar-refractivity contribution in [2.75, 3.05) is 45.8 Å². The van der Waals surface area contributed by atoms with Gasteiger partial charge in [0.15, 0.2) is 0 Å². The molecule has 1 aromatic carbocycles. The predicted molar refractivity (Wildman–Crippen MR) is 93.8 cm³/mol. The Morgan fingerprint density at radius 2 is 1.50 bits per heavy atom. The van der Waals surface area contributed by atoms with E-state index in [2.05, 4.69) is 11.8 Å². The number of amides is 2. The van der Waals surface area contributed by atoms with Gasteiger partial charge in [0.05, 0.1) is 6.54 Å². The molecule has 2 aliphatic heterocycles. The van der Waals surface area contributed by atoms with Gasteiger partial charge in [0, 0.05) is 31.7 Å². The molecule has 0 radical (unpaired) electrons. The van der Waals surface area contributed by atoms with E-state index in [1.54, 1.807) is 0 Å². The molecule has 0 bridgehead atoms. The molecule has 0 spiro atoms. The topological polar surface area (TPSA) is 43.9 Å². The third kappa shape index (κ3) is 4.15. The van der Waals surface area contributed by atoms with Crippen LogP contribution in [0, 0.1) is 5.92 Å². The quantitative estimate of drug-likeness (QED) is 0.848. The average molecular weight is 329 g/mol. The molecular weight excluding hydrogens is 302 g/mol. The van der Waals surface area contributed by atoms with Gasteiger partial charge in [-0.15, -0.1) is 0 Å². The van der Waals surface area contributed by atoms with Crippen molar-refractivity contribution < 1.29 is 9.59 Å². The molecule has 0 aromatic heterocycles. The molecule has 130 valence electrons. The molecule has 0 atom stereocenters. The van der Waals surface area contributed by atoms with Crippen LogP contribution in [0.4, 0.5) is 0 Å². The van der Waals surface area contributed by atoms with Gasteiger partial charge in [-0.05, 0) is 44.0 Å². The first-order valence-electron chi connectivity index (χ1n) is 8.98. The smallest absolute Gasteiger partial charge is 0.253 e. The summed E-state index contributed by atoms with van der Waals surface area (Å²) in [6, 6.07) is 9.36. The molecule has 2 heterocycles. The van der Waals surface area contributed by atoms with Gasteiger partial charge < -0.3 is 9.80 Å². The summed E-state index contributed by atoms with van der Waals surface area (Å²) in [4.78, 5) is 30.9. The fourth-order valence-corrected chi connectivity index (χ4v) is 3.43. The molecule has 24 heavy (non-hydrogen) atoms. The highest BCUT2D eigenvalue weighted by atomic mass is 16.2. The molecular formula is C19H27N3O2. The fraction of sp³-hybridized carbons (Fsp3) is 0.579. The third-order valence-corrected chi connectivity index (χ3v) is 5.18. The van der Waals surface area contributed by atoms with Gasteiger partial charge in [-0.2, -0.15) is 0 Å². The highest BCUT2D eigenvalue weighted by molar-refractivity contribution is 5.94. The van der Waals surface area contributed by atoms with Crippen molar-refractivity contribution in [2.45, 2.75) is 19.8 Å². The van der Waals surface area contributed by atoms with E-state index in [1.807, 2.05) is 40.1 Å². The van der Waals surface area contributed by atoms with Crippen molar-refractivity contribution in [3.05, 3.63) is 35.9 Å². The molecule has 0 saturated carbocycles. The summed E-state index contributed by atoms with van der Waals surface area (Å²) in [6.07, 6.45) is 2.37. The zero-order valence-corrected chi connectivity index (χ0v) is 14.5. The zero-order valence-electron chi connectivity index (χ0n) is 14.5. The van der Waals surface area contributed by atoms with Gasteiger partial charge in [0.25, 0.3) is 5.91 Å². The standard InChI is InChI=1S/C19H27N3O2/c1-16-7-9-20(10-8-16)15-18(23)21-11-13-22(14-12-21)19(24)17-5-3-2-4-6-17/h2-6,16H,7-15H2,1H3. The molecule has 5 nitrogen and oxygen atoms in total. The summed E-state index contributed by atoms with van der Waals surface area (Å²) in [7, 11) is 0. The number of hydrogen-bond donors (Lipinski definition) is 0. The first kappa shape index (κ1) is 17.0. The number of piperazine rings is 1. The molecule has 1 aromatic rings. The van der Waals surface area contributed by atoms with Crippen molar-refractivity contribution >= 4 is 11.8 Å². The zero-order chi connectivity index (χ0) is 16.9. The summed E-state index contributed by atoms with van der Waals surface area (Å²) in [5.74, 6) is 1.05. The number of carbonyl (C=O) groups excluding carboxylic acids is 2. The average Bonchev–Trinajstić information content (AvgIpc) is 2.64. The molecule has 3 rings (SSSR count). The van der Waals surface area contributed by atoms with Gasteiger partial charge >= 0.3 is 0 Å². The number of hydrogen-bond acceptors (Lipinski definition) is 3. The van der Waals surface area contributed by atoms with Crippen LogP contribution in [-0.2, 0) is 4.79 Å². The van der Waals surface area contributed by atoms with Gasteiger partial charge in [0.1, 0.15) is 0 Å². The van der Waals surface area contributed by atoms with Gasteiger partial charge in [-0.3, -0.25) is 14.5 Å². The van der Waals surface area contributed by atoms with Crippen LogP contribution in [0.1, 0.15) is 30.1 Å². The summed E-state index contributed by atoms with van der Waals surface area (Å²) in [5.41, 5.74) is 0.722. The first-order chi connectivity index (χ1) is 11.6. The number of piperidine rings is 1. The minimum absolute atomic E-state index is 0.0627. The Morgan fingerprint density at radius 1 is 0.917 bits per heavy atom. The highest BCUT2D eigenvalue weighted by Gasteiger charge is 2.26. The predicted octanol–water partition coefficient (Wildman–Crippen LogP) is 1.70. The normalized spacial score (nSPS) is 20.2. The maximum atomic E-state index is 12.5. The number of likely N-dealkylation sites (tertiary alicyclic amines) is 1. The number of benzene rings is 1. The first-order valence-corrected chi connectivity index (χ1v) is 8.98. The van der Waals surface area contributed by atoms with Crippen LogP contribution in [0.25, 0.3) is 0 Å². The van der Waals surface area contributed by atoms with E-state index in [1.165, 1.54) is 12.8 Å². The van der Waals surface area contributed by atoms with Gasteiger partial charge in [-0.25, -0.2) is 0 Å². The summed E-state index contributed by atoms with van der Waals surface area (Å²) >= 11 is 0. The van der Waals surface area contributed by atoms with Crippen molar-refractivity contribution in [2.24, 2.45) is 5.92 Å². The lowest BCUT2D eigenvalue weighted by molar-refractivity contribution is -0.134. The monoisotopic (exact) mass is 329 g/mol. The van der Waals surface area contributed by atoms with E-state index in [0.29, 0.717) is 32.7 Å². The SMILES string of the molecule is CC1CCN(CC(=O)N2CCN(C(=O)c3ccccc3)CC2)CC1. The highest BCUT2D eigenvalue weighted by Crippen LogP contribution is 2.16. The van der Waals surface area contributed by atoms with E-state index in [-0.39, 0.29) is 11.8 Å². The lowest BCUT2D eigenvalue weighted by atomic mass is 9.99. The van der Waals surface area contributed by atoms with E-state index in [4.69, 9.17) is 0 Å². The number of nitrogens with zero attached hydrogens (tertiary/aromatic N) is 3. The van der Waals surface area contributed by atoms with E-state index >= 15 is 0 Å². The van der Waals surface area contributed by atoms with E-state index in [0.717, 1.165) is 24.6 Å². The molecule has 2 saturated heterocycles. The van der Waals surface area contributed by atoms with Crippen molar-refractivity contribution in [3.8, 4) is 0 Å². The maximum Gasteiger partial charge on any atom is 0.253 e. The lowest BCUT2D eigenvalue weighted by Crippen LogP contribution is -2.53. The van der Waals surface area contributed by atoms with Crippen LogP contribution in [0.5, 0.6) is 0 Å². The Morgan fingerprint density at radius 3 is 2.12 bits per heavy atom. The van der Waals surface area contributed by atoms with Crippen LogP contribution in [0.15, 0.2) is 30.3 Å². The molecule has 2 fully saturated rings. The minimum atomic E-state index is 0.0627. The Balaban J connectivity index is 1.46. The maximum absolute atomic E-state index is 12.5. The lowest BCUT2D eigenvalue weighted by Gasteiger charge is -2.37. The molecule has 0 aliphatic carbocycles. The second kappa shape index (κ2) is 7.79. The second-order valence-electron chi connectivity index (χ2n) is 7.00. The summed E-state index contributed by atoms with van der Waals surface area (Å²) in [5, 5.41) is 0. The van der Waals surface area contributed by atoms with Crippen LogP contribution >= 0.6 is 0 Å². The van der Waals surface area contributed by atoms with Crippen LogP contribution in [0.3, 0.4) is 0 Å². The van der Waals surface area contributed by atoms with Gasteiger partial charge in [0.2, 0.25) is 5.91 Å². The number of carbonyl (C=O) groups is 2. The van der Waals surface area contributed by atoms with E-state index < -0.39 is 0 Å². The van der Waals surface area contributed by atoms with Crippen molar-refractivity contribution in [1.82, 2.24) is 14.7 Å². The van der Waals surface area contributed by atoms with Crippen molar-refractivity contribution in [3.63, 3.8) is 0 Å². The second-order valence-corrected chi connectivity index (χ2v) is 7.00. The number of rotatable bonds is 3. The fourth-order valence-electron chi connectivity index (χ4n) is 3.43. The molecule has 0 unspecified atom stereocenters. The van der Waals surface area contributed by atoms with Crippen LogP contribution < -0.4 is 0 Å². The van der Waals surface area contributed by atoms with Crippen molar-refractivity contribution in [1.29, 1.82) is 0 Å². The minimum Gasteiger partial charge on any atom is -0.338 e. The van der Waals surface area contributed by atoms with Gasteiger partial charge in [-0.1, -0.05) is 25.1 Å². The van der Waals surface area contributed by atoms with Crippen LogP contribution in [0.2, 0.25) is 0 Å². The summed E-state index contributed by atoms with van der Waals surface area (Å²) < 4.78 is 0. The molecule has 5 heteroatoms. The Labute approximate surface area is 144 Å². The molecule has 0 N–H and O–H groups in total. The Bertz CT molecular complexity index is 559.